The summed E-state index contributed by atoms with van der Waals surface area (Å²) in [4.78, 5) is 17.7. The van der Waals surface area contributed by atoms with Gasteiger partial charge in [0.2, 0.25) is 0 Å². The number of imidazole rings is 1. The first-order valence-corrected chi connectivity index (χ1v) is 4.59. The lowest BCUT2D eigenvalue weighted by atomic mass is 10.2. The van der Waals surface area contributed by atoms with E-state index in [9.17, 15) is 4.79 Å². The molecule has 78 valence electrons. The number of hydrogen-bond acceptors (Lipinski definition) is 3. The molecule has 0 saturated carbocycles. The summed E-state index contributed by atoms with van der Waals surface area (Å²) in [6.45, 7) is 0. The van der Waals surface area contributed by atoms with Gasteiger partial charge in [0.15, 0.2) is 0 Å². The van der Waals surface area contributed by atoms with Gasteiger partial charge in [-0.25, -0.2) is 4.98 Å². The Balaban J connectivity index is 2.32. The molecule has 0 spiro atoms. The average Bonchev–Trinajstić information content (AvgIpc) is 2.59. The lowest BCUT2D eigenvalue weighted by Gasteiger charge is -2.03. The summed E-state index contributed by atoms with van der Waals surface area (Å²) in [5, 5.41) is 8.60. The van der Waals surface area contributed by atoms with E-state index < -0.39 is 12.0 Å². The summed E-state index contributed by atoms with van der Waals surface area (Å²) in [6, 6.07) is 6.89. The second-order valence-electron chi connectivity index (χ2n) is 3.34. The molecule has 0 radical (unpaired) electrons. The summed E-state index contributed by atoms with van der Waals surface area (Å²) in [5.74, 6) is -0.415. The number of fused-ring (bicyclic) bond motifs is 1. The minimum atomic E-state index is -0.928. The predicted octanol–water partition coefficient (Wildman–Crippen LogP) is 1.04. The number of benzene rings is 1. The quantitative estimate of drug-likeness (QED) is 0.698. The molecule has 5 nitrogen and oxygen atoms in total. The first kappa shape index (κ1) is 9.67. The van der Waals surface area contributed by atoms with E-state index in [1.54, 1.807) is 0 Å². The number of aromatic amines is 1. The van der Waals surface area contributed by atoms with Crippen molar-refractivity contribution in [1.29, 1.82) is 0 Å². The number of H-pyrrole nitrogens is 1. The van der Waals surface area contributed by atoms with Crippen LogP contribution in [0.15, 0.2) is 24.3 Å². The third-order valence-corrected chi connectivity index (χ3v) is 2.15. The Labute approximate surface area is 85.9 Å². The van der Waals surface area contributed by atoms with E-state index in [1.165, 1.54) is 0 Å². The Morgan fingerprint density at radius 3 is 2.93 bits per heavy atom. The number of carboxylic acids is 1. The Kier molecular flexibility index (Phi) is 2.39. The predicted molar refractivity (Wildman–Crippen MR) is 55.3 cm³/mol. The lowest BCUT2D eigenvalue weighted by Crippen LogP contribution is -2.16. The van der Waals surface area contributed by atoms with Gasteiger partial charge in [0.25, 0.3) is 0 Å². The van der Waals surface area contributed by atoms with Gasteiger partial charge >= 0.3 is 5.97 Å². The molecule has 4 N–H and O–H groups in total. The minimum absolute atomic E-state index is 0.125. The number of nitrogens with one attached hydrogen (secondary N) is 1. The maximum Gasteiger partial charge on any atom is 0.305 e. The zero-order valence-electron chi connectivity index (χ0n) is 7.97. The molecule has 0 bridgehead atoms. The van der Waals surface area contributed by atoms with Crippen LogP contribution in [0.3, 0.4) is 0 Å². The van der Waals surface area contributed by atoms with Crippen LogP contribution in [0.2, 0.25) is 0 Å². The van der Waals surface area contributed by atoms with Gasteiger partial charge in [-0.3, -0.25) is 4.79 Å². The molecule has 0 amide bonds. The Hall–Kier alpha value is -1.88. The number of nitrogens with zero attached hydrogens (tertiary/aromatic N) is 1. The zero-order valence-corrected chi connectivity index (χ0v) is 7.97. The number of rotatable bonds is 3. The maximum atomic E-state index is 10.5. The standard InChI is InChI=1S/C10H11N3O2/c11-6(5-9(14)15)10-12-7-3-1-2-4-8(7)13-10/h1-4,6H,5,11H2,(H,12,13)(H,14,15). The van der Waals surface area contributed by atoms with Crippen molar-refractivity contribution in [3.8, 4) is 0 Å². The van der Waals surface area contributed by atoms with E-state index in [2.05, 4.69) is 9.97 Å². The Morgan fingerprint density at radius 1 is 1.53 bits per heavy atom. The number of carboxylic acid groups (broad SMARTS) is 1. The molecule has 0 saturated heterocycles. The third-order valence-electron chi connectivity index (χ3n) is 2.15. The topological polar surface area (TPSA) is 92.0 Å². The van der Waals surface area contributed by atoms with Crippen molar-refractivity contribution in [2.75, 3.05) is 0 Å². The zero-order chi connectivity index (χ0) is 10.8. The first-order valence-electron chi connectivity index (χ1n) is 4.59. The van der Waals surface area contributed by atoms with Crippen molar-refractivity contribution in [1.82, 2.24) is 9.97 Å². The molecule has 0 aliphatic carbocycles. The van der Waals surface area contributed by atoms with Crippen molar-refractivity contribution in [3.05, 3.63) is 30.1 Å². The van der Waals surface area contributed by atoms with E-state index in [4.69, 9.17) is 10.8 Å². The fourth-order valence-electron chi connectivity index (χ4n) is 1.43. The molecule has 2 aromatic rings. The smallest absolute Gasteiger partial charge is 0.305 e. The highest BCUT2D eigenvalue weighted by molar-refractivity contribution is 5.75. The fraction of sp³-hybridized carbons (Fsp3) is 0.200. The normalized spacial score (nSPS) is 12.9. The molecular weight excluding hydrogens is 194 g/mol. The van der Waals surface area contributed by atoms with Gasteiger partial charge in [-0.2, -0.15) is 0 Å². The van der Waals surface area contributed by atoms with Crippen molar-refractivity contribution < 1.29 is 9.90 Å². The monoisotopic (exact) mass is 205 g/mol. The molecule has 0 aliphatic heterocycles. The van der Waals surface area contributed by atoms with Crippen molar-refractivity contribution >= 4 is 17.0 Å². The Morgan fingerprint density at radius 2 is 2.27 bits per heavy atom. The summed E-state index contributed by atoms with van der Waals surface area (Å²) < 4.78 is 0. The second kappa shape index (κ2) is 3.70. The van der Waals surface area contributed by atoms with Crippen LogP contribution in [0.5, 0.6) is 0 Å². The van der Waals surface area contributed by atoms with Crippen LogP contribution in [-0.2, 0) is 4.79 Å². The highest BCUT2D eigenvalue weighted by atomic mass is 16.4. The molecule has 0 fully saturated rings. The first-order chi connectivity index (χ1) is 7.16. The van der Waals surface area contributed by atoms with E-state index in [-0.39, 0.29) is 6.42 Å². The summed E-state index contributed by atoms with van der Waals surface area (Å²) in [5.41, 5.74) is 7.35. The van der Waals surface area contributed by atoms with Gasteiger partial charge in [0.1, 0.15) is 5.82 Å². The van der Waals surface area contributed by atoms with E-state index in [0.717, 1.165) is 11.0 Å². The number of carbonyl (C=O) groups is 1. The molecular formula is C10H11N3O2. The average molecular weight is 205 g/mol. The van der Waals surface area contributed by atoms with Gasteiger partial charge in [0, 0.05) is 0 Å². The summed E-state index contributed by atoms with van der Waals surface area (Å²) in [7, 11) is 0. The minimum Gasteiger partial charge on any atom is -0.481 e. The van der Waals surface area contributed by atoms with Crippen LogP contribution >= 0.6 is 0 Å². The van der Waals surface area contributed by atoms with Gasteiger partial charge in [-0.1, -0.05) is 12.1 Å². The molecule has 1 atom stereocenters. The van der Waals surface area contributed by atoms with Crippen LogP contribution in [0.4, 0.5) is 0 Å². The molecule has 1 heterocycles. The second-order valence-corrected chi connectivity index (χ2v) is 3.34. The molecule has 0 aliphatic rings. The van der Waals surface area contributed by atoms with Crippen molar-refractivity contribution in [2.45, 2.75) is 12.5 Å². The van der Waals surface area contributed by atoms with Crippen LogP contribution in [0.25, 0.3) is 11.0 Å². The lowest BCUT2D eigenvalue weighted by molar-refractivity contribution is -0.137. The summed E-state index contributed by atoms with van der Waals surface area (Å²) >= 11 is 0. The molecule has 1 aromatic heterocycles. The Bertz CT molecular complexity index is 459. The molecule has 5 heteroatoms. The molecule has 2 rings (SSSR count). The van der Waals surface area contributed by atoms with Crippen LogP contribution in [0, 0.1) is 0 Å². The van der Waals surface area contributed by atoms with Gasteiger partial charge in [-0.05, 0) is 12.1 Å². The molecule has 15 heavy (non-hydrogen) atoms. The number of aliphatic carboxylic acids is 1. The molecule has 1 unspecified atom stereocenters. The fourth-order valence-corrected chi connectivity index (χ4v) is 1.43. The van der Waals surface area contributed by atoms with Crippen LogP contribution < -0.4 is 5.73 Å². The largest absolute Gasteiger partial charge is 0.481 e. The van der Waals surface area contributed by atoms with Gasteiger partial charge in [0.05, 0.1) is 23.5 Å². The maximum absolute atomic E-state index is 10.5. The third kappa shape index (κ3) is 1.97. The highest BCUT2D eigenvalue weighted by Crippen LogP contribution is 2.16. The van der Waals surface area contributed by atoms with Crippen LogP contribution in [0.1, 0.15) is 18.3 Å². The van der Waals surface area contributed by atoms with Gasteiger partial charge in [-0.15, -0.1) is 0 Å². The van der Waals surface area contributed by atoms with E-state index in [1.807, 2.05) is 24.3 Å². The highest BCUT2D eigenvalue weighted by Gasteiger charge is 2.14. The number of nitrogens with two attached hydrogens (primary N) is 1. The number of aromatic nitrogens is 2. The van der Waals surface area contributed by atoms with E-state index >= 15 is 0 Å². The van der Waals surface area contributed by atoms with E-state index in [0.29, 0.717) is 5.82 Å². The van der Waals surface area contributed by atoms with Gasteiger partial charge < -0.3 is 15.8 Å². The summed E-state index contributed by atoms with van der Waals surface area (Å²) in [6.07, 6.45) is -0.125. The van der Waals surface area contributed by atoms with Crippen molar-refractivity contribution in [2.24, 2.45) is 5.73 Å². The number of para-hydroxylation sites is 2. The molecule has 1 aromatic carbocycles. The van der Waals surface area contributed by atoms with Crippen molar-refractivity contribution in [3.63, 3.8) is 0 Å². The van der Waals surface area contributed by atoms with Crippen LogP contribution in [-0.4, -0.2) is 21.0 Å². The number of hydrogen-bond donors (Lipinski definition) is 3. The SMILES string of the molecule is NC(CC(=O)O)c1nc2ccccc2[nH]1.